The van der Waals surface area contributed by atoms with Crippen LogP contribution >= 0.6 is 0 Å². The van der Waals surface area contributed by atoms with Gasteiger partial charge in [-0.1, -0.05) is 0 Å². The zero-order valence-corrected chi connectivity index (χ0v) is 9.51. The number of hydrogen-bond acceptors (Lipinski definition) is 6. The summed E-state index contributed by atoms with van der Waals surface area (Å²) >= 11 is 0. The van der Waals surface area contributed by atoms with Crippen molar-refractivity contribution in [2.24, 2.45) is 0 Å². The van der Waals surface area contributed by atoms with E-state index >= 15 is 0 Å². The van der Waals surface area contributed by atoms with Gasteiger partial charge >= 0.3 is 5.69 Å². The summed E-state index contributed by atoms with van der Waals surface area (Å²) in [5.74, 6) is 0.137. The lowest BCUT2D eigenvalue weighted by molar-refractivity contribution is -0.384. The van der Waals surface area contributed by atoms with E-state index in [-0.39, 0.29) is 23.2 Å². The Labute approximate surface area is 98.2 Å². The molecule has 0 saturated carbocycles. The average Bonchev–Trinajstić information content (AvgIpc) is 2.35. The molecule has 0 bridgehead atoms. The van der Waals surface area contributed by atoms with Gasteiger partial charge in [-0.05, 0) is 6.92 Å². The number of nitrogens with one attached hydrogen (secondary N) is 1. The van der Waals surface area contributed by atoms with Gasteiger partial charge in [0.25, 0.3) is 0 Å². The summed E-state index contributed by atoms with van der Waals surface area (Å²) in [6.45, 7) is 2.22. The number of rotatable bonds is 5. The first-order valence-electron chi connectivity index (χ1n) is 4.89. The van der Waals surface area contributed by atoms with Crippen LogP contribution in [0.15, 0.2) is 12.3 Å². The number of nitrogens with zero attached hydrogens (tertiary/aromatic N) is 3. The number of hydrogen-bond donors (Lipinski definition) is 1. The lowest BCUT2D eigenvalue weighted by Crippen LogP contribution is -2.19. The highest BCUT2D eigenvalue weighted by molar-refractivity contribution is 5.58. The number of ether oxygens (including phenoxy) is 1. The highest BCUT2D eigenvalue weighted by Crippen LogP contribution is 2.22. The van der Waals surface area contributed by atoms with Gasteiger partial charge in [-0.3, -0.25) is 10.1 Å². The summed E-state index contributed by atoms with van der Waals surface area (Å²) in [5, 5.41) is 22.2. The van der Waals surface area contributed by atoms with Crippen LogP contribution in [-0.4, -0.2) is 29.7 Å². The number of aromatic nitrogens is 1. The maximum absolute atomic E-state index is 10.8. The summed E-state index contributed by atoms with van der Waals surface area (Å²) in [5.41, 5.74) is -0.0607. The van der Waals surface area contributed by atoms with Crippen molar-refractivity contribution >= 4 is 11.5 Å². The molecule has 0 aliphatic heterocycles. The third kappa shape index (κ3) is 3.39. The first-order valence-corrected chi connectivity index (χ1v) is 4.89. The van der Waals surface area contributed by atoms with E-state index in [1.165, 1.54) is 12.3 Å². The van der Waals surface area contributed by atoms with Crippen molar-refractivity contribution in [3.05, 3.63) is 27.9 Å². The number of anilines is 1. The minimum Gasteiger partial charge on any atom is -0.380 e. The number of pyridine rings is 1. The van der Waals surface area contributed by atoms with Crippen molar-refractivity contribution in [3.63, 3.8) is 0 Å². The molecule has 0 saturated heterocycles. The molecule has 0 fully saturated rings. The molecule has 1 aromatic rings. The van der Waals surface area contributed by atoms with Gasteiger partial charge in [0, 0.05) is 25.9 Å². The Hall–Kier alpha value is -2.20. The molecule has 0 aromatic carbocycles. The summed E-state index contributed by atoms with van der Waals surface area (Å²) < 4.78 is 5.00. The minimum absolute atomic E-state index is 0.0907. The molecule has 0 aliphatic rings. The van der Waals surface area contributed by atoms with Gasteiger partial charge in [0.1, 0.15) is 6.07 Å². The zero-order valence-electron chi connectivity index (χ0n) is 9.51. The fraction of sp³-hybridized carbons (Fsp3) is 0.400. The van der Waals surface area contributed by atoms with Gasteiger partial charge in [-0.15, -0.1) is 0 Å². The number of methoxy groups -OCH3 is 1. The van der Waals surface area contributed by atoms with E-state index in [1.54, 1.807) is 13.2 Å². The second kappa shape index (κ2) is 5.77. The molecule has 1 aromatic heterocycles. The summed E-state index contributed by atoms with van der Waals surface area (Å²) in [4.78, 5) is 14.1. The Morgan fingerprint density at radius 3 is 3.00 bits per heavy atom. The van der Waals surface area contributed by atoms with Crippen molar-refractivity contribution in [2.75, 3.05) is 19.0 Å². The van der Waals surface area contributed by atoms with Gasteiger partial charge in [0.15, 0.2) is 0 Å². The molecule has 1 N–H and O–H groups in total. The van der Waals surface area contributed by atoms with Crippen LogP contribution in [0.3, 0.4) is 0 Å². The topological polar surface area (TPSA) is 101 Å². The first-order chi connectivity index (χ1) is 8.08. The largest absolute Gasteiger partial charge is 0.380 e. The van der Waals surface area contributed by atoms with Crippen molar-refractivity contribution in [1.82, 2.24) is 4.98 Å². The van der Waals surface area contributed by atoms with Gasteiger partial charge in [-0.2, -0.15) is 5.26 Å². The summed E-state index contributed by atoms with van der Waals surface area (Å²) in [7, 11) is 1.55. The van der Waals surface area contributed by atoms with Gasteiger partial charge in [0.05, 0.1) is 16.6 Å². The lowest BCUT2D eigenvalue weighted by atomic mass is 10.2. The Kier molecular flexibility index (Phi) is 4.37. The smallest absolute Gasteiger partial charge is 0.312 e. The average molecular weight is 236 g/mol. The molecule has 1 rings (SSSR count). The standard InChI is InChI=1S/C10H12N4O3/c1-7(17-2)5-12-10-9(14(15)16)3-8(4-11)6-13-10/h3,6-7H,5H2,1-2H3,(H,12,13)/t7-/m0/s1. The van der Waals surface area contributed by atoms with Crippen molar-refractivity contribution in [1.29, 1.82) is 5.26 Å². The van der Waals surface area contributed by atoms with E-state index in [0.717, 1.165) is 0 Å². The predicted molar refractivity (Wildman–Crippen MR) is 60.6 cm³/mol. The van der Waals surface area contributed by atoms with E-state index in [0.29, 0.717) is 6.54 Å². The lowest BCUT2D eigenvalue weighted by Gasteiger charge is -2.11. The third-order valence-corrected chi connectivity index (χ3v) is 2.15. The van der Waals surface area contributed by atoms with Crippen molar-refractivity contribution in [3.8, 4) is 6.07 Å². The fourth-order valence-corrected chi connectivity index (χ4v) is 1.11. The molecule has 0 spiro atoms. The van der Waals surface area contributed by atoms with Gasteiger partial charge < -0.3 is 10.1 Å². The first kappa shape index (κ1) is 12.9. The second-order valence-corrected chi connectivity index (χ2v) is 3.39. The monoisotopic (exact) mass is 236 g/mol. The van der Waals surface area contributed by atoms with E-state index in [2.05, 4.69) is 10.3 Å². The Balaban J connectivity index is 2.92. The minimum atomic E-state index is -0.576. The van der Waals surface area contributed by atoms with Crippen molar-refractivity contribution in [2.45, 2.75) is 13.0 Å². The molecule has 1 heterocycles. The Morgan fingerprint density at radius 1 is 1.76 bits per heavy atom. The maximum atomic E-state index is 10.8. The highest BCUT2D eigenvalue weighted by atomic mass is 16.6. The molecule has 7 nitrogen and oxygen atoms in total. The molecule has 7 heteroatoms. The number of nitro groups is 1. The summed E-state index contributed by atoms with van der Waals surface area (Å²) in [6.07, 6.45) is 1.19. The van der Waals surface area contributed by atoms with E-state index < -0.39 is 4.92 Å². The third-order valence-electron chi connectivity index (χ3n) is 2.15. The zero-order chi connectivity index (χ0) is 12.8. The molecule has 0 aliphatic carbocycles. The fourth-order valence-electron chi connectivity index (χ4n) is 1.11. The Bertz CT molecular complexity index is 455. The molecular weight excluding hydrogens is 224 g/mol. The molecule has 0 unspecified atom stereocenters. The maximum Gasteiger partial charge on any atom is 0.312 e. The molecule has 0 radical (unpaired) electrons. The van der Waals surface area contributed by atoms with Gasteiger partial charge in [-0.25, -0.2) is 4.98 Å². The van der Waals surface area contributed by atoms with Crippen LogP contribution in [0.5, 0.6) is 0 Å². The van der Waals surface area contributed by atoms with Crippen LogP contribution in [0, 0.1) is 21.4 Å². The van der Waals surface area contributed by atoms with Crippen molar-refractivity contribution < 1.29 is 9.66 Å². The predicted octanol–water partition coefficient (Wildman–Crippen LogP) is 1.31. The molecule has 17 heavy (non-hydrogen) atoms. The SMILES string of the molecule is CO[C@@H](C)CNc1ncc(C#N)cc1[N+](=O)[O-]. The van der Waals surface area contributed by atoms with Crippen LogP contribution in [0.4, 0.5) is 11.5 Å². The highest BCUT2D eigenvalue weighted by Gasteiger charge is 2.16. The van der Waals surface area contributed by atoms with E-state index in [4.69, 9.17) is 10.00 Å². The van der Waals surface area contributed by atoms with Gasteiger partial charge in [0.2, 0.25) is 5.82 Å². The van der Waals surface area contributed by atoms with Crippen LogP contribution in [0.2, 0.25) is 0 Å². The number of nitriles is 1. The van der Waals surface area contributed by atoms with Crippen LogP contribution < -0.4 is 5.32 Å². The molecule has 0 amide bonds. The normalized spacial score (nSPS) is 11.6. The van der Waals surface area contributed by atoms with E-state index in [9.17, 15) is 10.1 Å². The second-order valence-electron chi connectivity index (χ2n) is 3.39. The van der Waals surface area contributed by atoms with Crippen LogP contribution in [-0.2, 0) is 4.74 Å². The summed E-state index contributed by atoms with van der Waals surface area (Å²) in [6, 6.07) is 2.99. The quantitative estimate of drug-likeness (QED) is 0.610. The van der Waals surface area contributed by atoms with E-state index in [1.807, 2.05) is 6.92 Å². The Morgan fingerprint density at radius 2 is 2.47 bits per heavy atom. The molecular formula is C10H12N4O3. The van der Waals surface area contributed by atoms with Crippen LogP contribution in [0.25, 0.3) is 0 Å². The molecule has 90 valence electrons. The molecule has 1 atom stereocenters. The van der Waals surface area contributed by atoms with Crippen LogP contribution in [0.1, 0.15) is 12.5 Å².